The first-order valence-electron chi connectivity index (χ1n) is 8.72. The van der Waals surface area contributed by atoms with Gasteiger partial charge in [0.15, 0.2) is 0 Å². The summed E-state index contributed by atoms with van der Waals surface area (Å²) in [7, 11) is -3.83. The van der Waals surface area contributed by atoms with E-state index in [4.69, 9.17) is 10.00 Å². The topological polar surface area (TPSA) is 108 Å². The van der Waals surface area contributed by atoms with Crippen LogP contribution in [0.3, 0.4) is 0 Å². The lowest BCUT2D eigenvalue weighted by molar-refractivity contribution is -0.159. The first-order chi connectivity index (χ1) is 13.6. The van der Waals surface area contributed by atoms with Crippen molar-refractivity contribution in [3.8, 4) is 11.8 Å². The Hall–Kier alpha value is -2.96. The van der Waals surface area contributed by atoms with Gasteiger partial charge in [0.25, 0.3) is 0 Å². The van der Waals surface area contributed by atoms with E-state index in [0.29, 0.717) is 5.56 Å². The van der Waals surface area contributed by atoms with E-state index in [0.717, 1.165) is 15.9 Å². The van der Waals surface area contributed by atoms with Gasteiger partial charge in [-0.25, -0.2) is 12.8 Å². The van der Waals surface area contributed by atoms with Crippen LogP contribution in [0.4, 0.5) is 4.39 Å². The summed E-state index contributed by atoms with van der Waals surface area (Å²) in [6.07, 6.45) is 0. The lowest BCUT2D eigenvalue weighted by atomic mass is 9.83. The fourth-order valence-corrected chi connectivity index (χ4v) is 5.03. The Bertz CT molecular complexity index is 1120. The molecule has 1 saturated heterocycles. The SMILES string of the molecule is Cc1ccc(S(=O)(=O)N2CC(COc3ccc(C#N)c(F)c3)(C(=O)O)C2)c(C)c1. The number of hydrogen-bond acceptors (Lipinski definition) is 5. The first-order valence-corrected chi connectivity index (χ1v) is 10.2. The number of carbonyl (C=O) groups is 1. The number of rotatable bonds is 6. The van der Waals surface area contributed by atoms with Gasteiger partial charge in [-0.1, -0.05) is 17.7 Å². The molecule has 1 fully saturated rings. The first kappa shape index (κ1) is 20.8. The van der Waals surface area contributed by atoms with Crippen molar-refractivity contribution < 1.29 is 27.4 Å². The van der Waals surface area contributed by atoms with Crippen molar-refractivity contribution in [1.29, 1.82) is 5.26 Å². The van der Waals surface area contributed by atoms with Gasteiger partial charge in [0.2, 0.25) is 10.0 Å². The van der Waals surface area contributed by atoms with E-state index in [1.54, 1.807) is 25.1 Å². The quantitative estimate of drug-likeness (QED) is 0.772. The standard InChI is InChI=1S/C20H19FN2O5S/c1-13-3-6-18(14(2)7-13)29(26,27)23-10-20(11-23,19(24)25)12-28-16-5-4-15(9-22)17(21)8-16/h3-8H,10-12H2,1-2H3,(H,24,25). The Labute approximate surface area is 168 Å². The van der Waals surface area contributed by atoms with Crippen molar-refractivity contribution in [2.45, 2.75) is 18.7 Å². The highest BCUT2D eigenvalue weighted by atomic mass is 32.2. The molecule has 1 aliphatic heterocycles. The molecule has 0 atom stereocenters. The number of sulfonamides is 1. The van der Waals surface area contributed by atoms with Crippen LogP contribution < -0.4 is 4.74 Å². The van der Waals surface area contributed by atoms with E-state index in [2.05, 4.69) is 0 Å². The fraction of sp³-hybridized carbons (Fsp3) is 0.300. The minimum Gasteiger partial charge on any atom is -0.492 e. The molecule has 0 unspecified atom stereocenters. The summed E-state index contributed by atoms with van der Waals surface area (Å²) < 4.78 is 45.9. The number of aryl methyl sites for hydroxylation is 2. The lowest BCUT2D eigenvalue weighted by Crippen LogP contribution is -2.64. The number of carboxylic acids is 1. The smallest absolute Gasteiger partial charge is 0.315 e. The van der Waals surface area contributed by atoms with Crippen molar-refractivity contribution in [1.82, 2.24) is 4.31 Å². The van der Waals surface area contributed by atoms with E-state index in [1.165, 1.54) is 18.2 Å². The van der Waals surface area contributed by atoms with Gasteiger partial charge >= 0.3 is 5.97 Å². The number of nitriles is 1. The van der Waals surface area contributed by atoms with E-state index >= 15 is 0 Å². The molecule has 1 heterocycles. The van der Waals surface area contributed by atoms with E-state index in [-0.39, 0.29) is 35.9 Å². The molecule has 1 N–H and O–H groups in total. The molecule has 0 saturated carbocycles. The molecule has 0 bridgehead atoms. The number of carboxylic acid groups (broad SMARTS) is 1. The molecule has 2 aromatic rings. The summed E-state index contributed by atoms with van der Waals surface area (Å²) in [6.45, 7) is 2.71. The summed E-state index contributed by atoms with van der Waals surface area (Å²) in [5.41, 5.74) is -0.0782. The van der Waals surface area contributed by atoms with Gasteiger partial charge in [0, 0.05) is 19.2 Å². The average Bonchev–Trinajstić information content (AvgIpc) is 2.60. The normalized spacial score (nSPS) is 15.9. The number of ether oxygens (including phenoxy) is 1. The van der Waals surface area contributed by atoms with Crippen LogP contribution in [0.15, 0.2) is 41.3 Å². The Balaban J connectivity index is 1.75. The van der Waals surface area contributed by atoms with Crippen LogP contribution in [-0.2, 0) is 14.8 Å². The van der Waals surface area contributed by atoms with Gasteiger partial charge in [0.05, 0.1) is 10.5 Å². The second kappa shape index (κ2) is 7.46. The molecule has 2 aromatic carbocycles. The molecule has 0 aromatic heterocycles. The fourth-order valence-electron chi connectivity index (χ4n) is 3.21. The van der Waals surface area contributed by atoms with Gasteiger partial charge in [-0.3, -0.25) is 4.79 Å². The van der Waals surface area contributed by atoms with Crippen LogP contribution in [-0.4, -0.2) is 43.5 Å². The van der Waals surface area contributed by atoms with Gasteiger partial charge in [-0.15, -0.1) is 0 Å². The second-order valence-electron chi connectivity index (χ2n) is 7.17. The third kappa shape index (κ3) is 3.81. The molecule has 3 rings (SSSR count). The molecule has 29 heavy (non-hydrogen) atoms. The zero-order valence-corrected chi connectivity index (χ0v) is 16.7. The third-order valence-corrected chi connectivity index (χ3v) is 6.89. The largest absolute Gasteiger partial charge is 0.492 e. The molecular weight excluding hydrogens is 399 g/mol. The zero-order chi connectivity index (χ0) is 21.4. The Kier molecular flexibility index (Phi) is 5.34. The van der Waals surface area contributed by atoms with Gasteiger partial charge in [0.1, 0.15) is 29.7 Å². The van der Waals surface area contributed by atoms with Crippen molar-refractivity contribution >= 4 is 16.0 Å². The second-order valence-corrected chi connectivity index (χ2v) is 9.08. The minimum absolute atomic E-state index is 0.0674. The maximum absolute atomic E-state index is 13.7. The maximum Gasteiger partial charge on any atom is 0.315 e. The summed E-state index contributed by atoms with van der Waals surface area (Å²) in [4.78, 5) is 11.9. The predicted molar refractivity (Wildman–Crippen MR) is 101 cm³/mol. The number of benzene rings is 2. The van der Waals surface area contributed by atoms with Crippen molar-refractivity contribution in [2.75, 3.05) is 19.7 Å². The van der Waals surface area contributed by atoms with Crippen LogP contribution in [0.2, 0.25) is 0 Å². The van der Waals surface area contributed by atoms with Crippen molar-refractivity contribution in [3.05, 3.63) is 58.9 Å². The summed E-state index contributed by atoms with van der Waals surface area (Å²) in [5, 5.41) is 18.4. The Morgan fingerprint density at radius 1 is 1.28 bits per heavy atom. The molecule has 1 aliphatic rings. The highest BCUT2D eigenvalue weighted by Gasteiger charge is 2.55. The lowest BCUT2D eigenvalue weighted by Gasteiger charge is -2.45. The average molecular weight is 418 g/mol. The third-order valence-electron chi connectivity index (χ3n) is 4.94. The minimum atomic E-state index is -3.83. The molecule has 9 heteroatoms. The van der Waals surface area contributed by atoms with E-state index in [1.807, 2.05) is 6.92 Å². The Morgan fingerprint density at radius 3 is 2.52 bits per heavy atom. The number of nitrogens with zero attached hydrogens (tertiary/aromatic N) is 2. The van der Waals surface area contributed by atoms with Crippen LogP contribution in [0, 0.1) is 36.4 Å². The molecule has 0 spiro atoms. The van der Waals surface area contributed by atoms with Gasteiger partial charge < -0.3 is 9.84 Å². The summed E-state index contributed by atoms with van der Waals surface area (Å²) >= 11 is 0. The van der Waals surface area contributed by atoms with Crippen LogP contribution in [0.25, 0.3) is 0 Å². The highest BCUT2D eigenvalue weighted by Crippen LogP contribution is 2.37. The zero-order valence-electron chi connectivity index (χ0n) is 15.8. The van der Waals surface area contributed by atoms with E-state index < -0.39 is 27.2 Å². The molecule has 7 nitrogen and oxygen atoms in total. The molecule has 0 amide bonds. The number of aliphatic carboxylic acids is 1. The van der Waals surface area contributed by atoms with Crippen molar-refractivity contribution in [3.63, 3.8) is 0 Å². The molecule has 152 valence electrons. The highest BCUT2D eigenvalue weighted by molar-refractivity contribution is 7.89. The molecular formula is C20H19FN2O5S. The summed E-state index contributed by atoms with van der Waals surface area (Å²) in [5.74, 6) is -1.90. The number of halogens is 1. The van der Waals surface area contributed by atoms with Gasteiger partial charge in [-0.05, 0) is 37.6 Å². The van der Waals surface area contributed by atoms with Gasteiger partial charge in [-0.2, -0.15) is 9.57 Å². The van der Waals surface area contributed by atoms with Crippen LogP contribution in [0.5, 0.6) is 5.75 Å². The van der Waals surface area contributed by atoms with E-state index in [9.17, 15) is 22.7 Å². The Morgan fingerprint density at radius 2 is 1.97 bits per heavy atom. The number of hydrogen-bond donors (Lipinski definition) is 1. The molecule has 0 radical (unpaired) electrons. The molecule has 0 aliphatic carbocycles. The monoisotopic (exact) mass is 418 g/mol. The van der Waals surface area contributed by atoms with Crippen LogP contribution >= 0.6 is 0 Å². The predicted octanol–water partition coefficient (Wildman–Crippen LogP) is 2.47. The van der Waals surface area contributed by atoms with Crippen molar-refractivity contribution in [2.24, 2.45) is 5.41 Å². The maximum atomic E-state index is 13.7. The van der Waals surface area contributed by atoms with Crippen LogP contribution in [0.1, 0.15) is 16.7 Å². The summed E-state index contributed by atoms with van der Waals surface area (Å²) in [6, 6.07) is 10.2.